The molecule has 0 radical (unpaired) electrons. The van der Waals surface area contributed by atoms with Crippen molar-refractivity contribution in [2.45, 2.75) is 131 Å². The van der Waals surface area contributed by atoms with Crippen LogP contribution in [0.25, 0.3) is 0 Å². The Hall–Kier alpha value is -0.430. The number of hydrogen-bond donors (Lipinski definition) is 1. The fraction of sp³-hybridized carbons (Fsp3) is 0.769. The predicted molar refractivity (Wildman–Crippen MR) is 133 cm³/mol. The third kappa shape index (κ3) is 7.64. The second kappa shape index (κ2) is 8.97. The van der Waals surface area contributed by atoms with Gasteiger partial charge in [0.1, 0.15) is 8.30 Å². The molecule has 0 amide bonds. The monoisotopic (exact) mass is 421 g/mol. The maximum absolute atomic E-state index is 6.71. The van der Waals surface area contributed by atoms with Crippen molar-refractivity contribution in [3.05, 3.63) is 28.8 Å². The van der Waals surface area contributed by atoms with E-state index in [-0.39, 0.29) is 27.9 Å². The molecule has 1 aromatic rings. The summed E-state index contributed by atoms with van der Waals surface area (Å²) in [5.41, 5.74) is 4.40. The Bertz CT molecular complexity index is 646. The second-order valence-corrected chi connectivity index (χ2v) is 14.1. The van der Waals surface area contributed by atoms with Crippen molar-refractivity contribution in [3.8, 4) is 0 Å². The number of hydrogen-bond acceptors (Lipinski definition) is 2. The fourth-order valence-electron chi connectivity index (χ4n) is 3.12. The molecule has 0 aliphatic carbocycles. The van der Waals surface area contributed by atoms with Gasteiger partial charge in [-0.25, -0.2) is 0 Å². The Morgan fingerprint density at radius 1 is 0.793 bits per heavy atom. The maximum atomic E-state index is 6.71. The van der Waals surface area contributed by atoms with E-state index in [9.17, 15) is 0 Å². The summed E-state index contributed by atoms with van der Waals surface area (Å²) in [4.78, 5) is 0. The molecule has 0 spiro atoms. The first-order valence-electron chi connectivity index (χ1n) is 11.2. The van der Waals surface area contributed by atoms with Crippen molar-refractivity contribution >= 4 is 13.6 Å². The molecule has 2 nitrogen and oxygen atoms in total. The van der Waals surface area contributed by atoms with Gasteiger partial charge in [-0.15, -0.1) is 0 Å². The van der Waals surface area contributed by atoms with E-state index in [4.69, 9.17) is 4.52 Å². The Morgan fingerprint density at radius 2 is 1.21 bits per heavy atom. The molecule has 0 aromatic heterocycles. The zero-order chi connectivity index (χ0) is 23.0. The van der Waals surface area contributed by atoms with Gasteiger partial charge in [0.15, 0.2) is 0 Å². The summed E-state index contributed by atoms with van der Waals surface area (Å²) in [6.07, 6.45) is 1.24. The highest BCUT2D eigenvalue weighted by Crippen LogP contribution is 2.45. The lowest BCUT2D eigenvalue weighted by atomic mass is 9.75. The summed E-state index contributed by atoms with van der Waals surface area (Å²) < 4.78 is 6.71. The standard InChI is InChI=1S/C26H48NOP/c1-15-18(2)28-29(27-26(12,13)14)22-20(24(6,7)8)16-19(23(3,4)5)17-21(22)25(9,10)11/h16-18,27H,15H2,1-14H3. The summed E-state index contributed by atoms with van der Waals surface area (Å²) in [6.45, 7) is 32.0. The highest BCUT2D eigenvalue weighted by molar-refractivity contribution is 7.59. The molecule has 1 rings (SSSR count). The van der Waals surface area contributed by atoms with Gasteiger partial charge in [-0.2, -0.15) is 0 Å². The Morgan fingerprint density at radius 3 is 1.48 bits per heavy atom. The van der Waals surface area contributed by atoms with Crippen LogP contribution >= 0.6 is 8.30 Å². The van der Waals surface area contributed by atoms with Gasteiger partial charge in [-0.1, -0.05) is 81.4 Å². The van der Waals surface area contributed by atoms with Crippen LogP contribution in [-0.2, 0) is 20.8 Å². The quantitative estimate of drug-likeness (QED) is 0.491. The number of rotatable bonds is 5. The lowest BCUT2D eigenvalue weighted by Crippen LogP contribution is -2.40. The summed E-state index contributed by atoms with van der Waals surface area (Å²) >= 11 is 0. The number of benzene rings is 1. The molecule has 168 valence electrons. The summed E-state index contributed by atoms with van der Waals surface area (Å²) in [5.74, 6) is 0. The largest absolute Gasteiger partial charge is 0.337 e. The smallest absolute Gasteiger partial charge is 0.136 e. The minimum absolute atomic E-state index is 0.0217. The van der Waals surface area contributed by atoms with Crippen molar-refractivity contribution in [1.82, 2.24) is 5.09 Å². The number of nitrogens with one attached hydrogen (secondary N) is 1. The molecule has 0 fully saturated rings. The Kier molecular flexibility index (Phi) is 8.23. The molecule has 0 saturated heterocycles. The van der Waals surface area contributed by atoms with Gasteiger partial charge in [0.05, 0.1) is 6.10 Å². The maximum Gasteiger partial charge on any atom is 0.136 e. The van der Waals surface area contributed by atoms with Crippen molar-refractivity contribution in [1.29, 1.82) is 0 Å². The molecule has 29 heavy (non-hydrogen) atoms. The highest BCUT2D eigenvalue weighted by Gasteiger charge is 2.35. The van der Waals surface area contributed by atoms with Gasteiger partial charge in [0, 0.05) is 10.8 Å². The predicted octanol–water partition coefficient (Wildman–Crippen LogP) is 7.72. The lowest BCUT2D eigenvalue weighted by molar-refractivity contribution is 0.238. The van der Waals surface area contributed by atoms with Crippen LogP contribution in [0.4, 0.5) is 0 Å². The normalized spacial score (nSPS) is 16.1. The third-order valence-corrected chi connectivity index (χ3v) is 7.42. The van der Waals surface area contributed by atoms with E-state index in [2.05, 4.69) is 114 Å². The zero-order valence-corrected chi connectivity index (χ0v) is 22.7. The molecule has 2 unspecified atom stereocenters. The van der Waals surface area contributed by atoms with Gasteiger partial charge >= 0.3 is 0 Å². The molecule has 0 bridgehead atoms. The molecule has 2 atom stereocenters. The molecule has 0 saturated carbocycles. The van der Waals surface area contributed by atoms with E-state index in [0.717, 1.165) is 6.42 Å². The SMILES string of the molecule is CCC(C)OP(NC(C)(C)C)c1c(C(C)(C)C)cc(C(C)(C)C)cc1C(C)(C)C. The van der Waals surface area contributed by atoms with Crippen LogP contribution in [0.15, 0.2) is 12.1 Å². The van der Waals surface area contributed by atoms with E-state index >= 15 is 0 Å². The molecular weight excluding hydrogens is 373 g/mol. The summed E-state index contributed by atoms with van der Waals surface area (Å²) in [5, 5.41) is 5.26. The molecular formula is C26H48NOP. The van der Waals surface area contributed by atoms with Crippen LogP contribution in [0.5, 0.6) is 0 Å². The minimum atomic E-state index is -0.957. The van der Waals surface area contributed by atoms with E-state index in [0.29, 0.717) is 0 Å². The molecule has 0 heterocycles. The van der Waals surface area contributed by atoms with Crippen molar-refractivity contribution in [2.24, 2.45) is 0 Å². The summed E-state index contributed by atoms with van der Waals surface area (Å²) in [7, 11) is -0.957. The van der Waals surface area contributed by atoms with Crippen LogP contribution in [0.1, 0.15) is 120 Å². The van der Waals surface area contributed by atoms with Gasteiger partial charge in [0.2, 0.25) is 0 Å². The Balaban J connectivity index is 3.95. The first-order valence-corrected chi connectivity index (χ1v) is 12.5. The third-order valence-electron chi connectivity index (χ3n) is 5.09. The van der Waals surface area contributed by atoms with E-state index < -0.39 is 8.30 Å². The van der Waals surface area contributed by atoms with Crippen molar-refractivity contribution in [3.63, 3.8) is 0 Å². The molecule has 3 heteroatoms. The van der Waals surface area contributed by atoms with Crippen LogP contribution in [0.2, 0.25) is 0 Å². The fourth-order valence-corrected chi connectivity index (χ4v) is 5.75. The van der Waals surface area contributed by atoms with E-state index in [1.54, 1.807) is 0 Å². The molecule has 1 aromatic carbocycles. The second-order valence-electron chi connectivity index (χ2n) is 12.7. The van der Waals surface area contributed by atoms with E-state index in [1.807, 2.05) is 0 Å². The Labute approximate surface area is 183 Å². The van der Waals surface area contributed by atoms with Crippen LogP contribution in [0.3, 0.4) is 0 Å². The van der Waals surface area contributed by atoms with E-state index in [1.165, 1.54) is 22.0 Å². The van der Waals surface area contributed by atoms with Gasteiger partial charge in [-0.05, 0) is 67.1 Å². The van der Waals surface area contributed by atoms with Crippen LogP contribution < -0.4 is 10.4 Å². The summed E-state index contributed by atoms with van der Waals surface area (Å²) in [6, 6.07) is 4.90. The molecule has 0 aliphatic heterocycles. The lowest BCUT2D eigenvalue weighted by Gasteiger charge is -2.38. The highest BCUT2D eigenvalue weighted by atomic mass is 31.2. The van der Waals surface area contributed by atoms with Crippen LogP contribution in [-0.4, -0.2) is 11.6 Å². The topological polar surface area (TPSA) is 21.3 Å². The minimum Gasteiger partial charge on any atom is -0.337 e. The van der Waals surface area contributed by atoms with Gasteiger partial charge in [-0.3, -0.25) is 5.09 Å². The first-order chi connectivity index (χ1) is 12.8. The average molecular weight is 422 g/mol. The zero-order valence-electron chi connectivity index (χ0n) is 21.8. The first kappa shape index (κ1) is 26.6. The van der Waals surface area contributed by atoms with Crippen molar-refractivity contribution < 1.29 is 4.52 Å². The molecule has 1 N–H and O–H groups in total. The average Bonchev–Trinajstić information content (AvgIpc) is 2.48. The molecule has 0 aliphatic rings. The van der Waals surface area contributed by atoms with Gasteiger partial charge in [0.25, 0.3) is 0 Å². The van der Waals surface area contributed by atoms with Gasteiger partial charge < -0.3 is 4.52 Å². The van der Waals surface area contributed by atoms with Crippen LogP contribution in [0, 0.1) is 0 Å². The van der Waals surface area contributed by atoms with Crippen molar-refractivity contribution in [2.75, 3.05) is 0 Å².